The van der Waals surface area contributed by atoms with Crippen molar-refractivity contribution in [3.63, 3.8) is 0 Å². The maximum absolute atomic E-state index is 13.7. The van der Waals surface area contributed by atoms with E-state index < -0.39 is 35.6 Å². The number of rotatable bonds is 5. The van der Waals surface area contributed by atoms with Gasteiger partial charge in [0.15, 0.2) is 5.82 Å². The van der Waals surface area contributed by atoms with E-state index in [9.17, 15) is 14.4 Å². The molecule has 0 fully saturated rings. The van der Waals surface area contributed by atoms with E-state index in [-0.39, 0.29) is 5.82 Å². The van der Waals surface area contributed by atoms with E-state index in [2.05, 4.69) is 4.98 Å². The average Bonchev–Trinajstić information content (AvgIpc) is 3.27. The molecule has 8 nitrogen and oxygen atoms in total. The summed E-state index contributed by atoms with van der Waals surface area (Å²) in [5.74, 6) is -1.08. The van der Waals surface area contributed by atoms with Gasteiger partial charge in [0.05, 0.1) is 17.2 Å². The molecule has 9 heteroatoms. The molecule has 3 rings (SSSR count). The average molecular weight is 469 g/mol. The maximum Gasteiger partial charge on any atom is 0.415 e. The summed E-state index contributed by atoms with van der Waals surface area (Å²) < 4.78 is 5.65. The summed E-state index contributed by atoms with van der Waals surface area (Å²) in [5, 5.41) is 3.25. The SMILES string of the molecule is C[C@H](N)C(=O)N(C(=O)[C@H](C)N(C(=O)OC(C)(C)C)c1cccc2ccccc12)c1cscn1. The molecule has 2 atom stereocenters. The van der Waals surface area contributed by atoms with Crippen molar-refractivity contribution in [3.05, 3.63) is 53.4 Å². The number of carbonyl (C=O) groups is 3. The molecule has 3 amide bonds. The molecule has 174 valence electrons. The fraction of sp³-hybridized carbons (Fsp3) is 0.333. The minimum atomic E-state index is -1.09. The summed E-state index contributed by atoms with van der Waals surface area (Å²) in [5.41, 5.74) is 7.03. The summed E-state index contributed by atoms with van der Waals surface area (Å²) in [6, 6.07) is 11.0. The Balaban J connectivity index is 2.12. The van der Waals surface area contributed by atoms with Crippen LogP contribution in [0.2, 0.25) is 0 Å². The summed E-state index contributed by atoms with van der Waals surface area (Å²) >= 11 is 1.24. The van der Waals surface area contributed by atoms with Crippen LogP contribution in [-0.4, -0.2) is 40.6 Å². The van der Waals surface area contributed by atoms with Crippen molar-refractivity contribution in [2.45, 2.75) is 52.3 Å². The monoisotopic (exact) mass is 468 g/mol. The van der Waals surface area contributed by atoms with Crippen molar-refractivity contribution >= 4 is 51.5 Å². The highest BCUT2D eigenvalue weighted by atomic mass is 32.1. The van der Waals surface area contributed by atoms with Gasteiger partial charge < -0.3 is 10.5 Å². The summed E-state index contributed by atoms with van der Waals surface area (Å²) in [7, 11) is 0. The van der Waals surface area contributed by atoms with Gasteiger partial charge in [-0.1, -0.05) is 36.4 Å². The van der Waals surface area contributed by atoms with Crippen molar-refractivity contribution in [2.24, 2.45) is 5.73 Å². The molecule has 0 radical (unpaired) electrons. The molecule has 0 unspecified atom stereocenters. The lowest BCUT2D eigenvalue weighted by Gasteiger charge is -2.34. The minimum Gasteiger partial charge on any atom is -0.443 e. The van der Waals surface area contributed by atoms with Gasteiger partial charge in [0.25, 0.3) is 11.8 Å². The number of nitrogens with zero attached hydrogens (tertiary/aromatic N) is 3. The number of aromatic nitrogens is 1. The predicted octanol–water partition coefficient (Wildman–Crippen LogP) is 4.33. The van der Waals surface area contributed by atoms with Crippen molar-refractivity contribution in [1.29, 1.82) is 0 Å². The summed E-state index contributed by atoms with van der Waals surface area (Å²) in [6.07, 6.45) is -0.703. The van der Waals surface area contributed by atoms with Crippen LogP contribution < -0.4 is 15.5 Å². The van der Waals surface area contributed by atoms with Gasteiger partial charge >= 0.3 is 6.09 Å². The first-order valence-electron chi connectivity index (χ1n) is 10.5. The standard InChI is InChI=1S/C24H28N4O4S/c1-15(25)21(29)28(20-13-33-14-26-20)22(30)16(2)27(23(31)32-24(3,4)5)19-12-8-10-17-9-6-7-11-18(17)19/h6-16H,25H2,1-5H3/t15-,16-/m0/s1. The van der Waals surface area contributed by atoms with Crippen molar-refractivity contribution in [2.75, 3.05) is 9.80 Å². The second-order valence-corrected chi connectivity index (χ2v) is 9.39. The van der Waals surface area contributed by atoms with Gasteiger partial charge in [-0.15, -0.1) is 11.3 Å². The number of hydrogen-bond donors (Lipinski definition) is 1. The highest BCUT2D eigenvalue weighted by Crippen LogP contribution is 2.31. The molecular weight excluding hydrogens is 440 g/mol. The molecular formula is C24H28N4O4S. The number of carbonyl (C=O) groups excluding carboxylic acids is 3. The van der Waals surface area contributed by atoms with E-state index in [0.717, 1.165) is 15.7 Å². The van der Waals surface area contributed by atoms with Crippen LogP contribution in [0.5, 0.6) is 0 Å². The summed E-state index contributed by atoms with van der Waals surface area (Å²) in [6.45, 7) is 8.30. The molecule has 0 aliphatic heterocycles. The molecule has 0 spiro atoms. The quantitative estimate of drug-likeness (QED) is 0.597. The number of fused-ring (bicyclic) bond motifs is 1. The Morgan fingerprint density at radius 3 is 2.30 bits per heavy atom. The zero-order chi connectivity index (χ0) is 24.3. The van der Waals surface area contributed by atoms with Crippen LogP contribution in [0.4, 0.5) is 16.3 Å². The van der Waals surface area contributed by atoms with Gasteiger partial charge in [-0.3, -0.25) is 14.5 Å². The van der Waals surface area contributed by atoms with Crippen LogP contribution in [0.25, 0.3) is 10.8 Å². The lowest BCUT2D eigenvalue weighted by Crippen LogP contribution is -2.55. The van der Waals surface area contributed by atoms with Gasteiger partial charge in [0, 0.05) is 10.8 Å². The molecule has 0 aliphatic rings. The largest absolute Gasteiger partial charge is 0.443 e. The van der Waals surface area contributed by atoms with Crippen LogP contribution in [-0.2, 0) is 14.3 Å². The molecule has 2 aromatic carbocycles. The molecule has 3 aromatic rings. The van der Waals surface area contributed by atoms with E-state index in [0.29, 0.717) is 5.69 Å². The molecule has 0 saturated heterocycles. The van der Waals surface area contributed by atoms with Crippen LogP contribution in [0.1, 0.15) is 34.6 Å². The van der Waals surface area contributed by atoms with Gasteiger partial charge in [-0.05, 0) is 46.1 Å². The third kappa shape index (κ3) is 5.37. The van der Waals surface area contributed by atoms with Gasteiger partial charge in [0.1, 0.15) is 11.6 Å². The zero-order valence-electron chi connectivity index (χ0n) is 19.3. The van der Waals surface area contributed by atoms with E-state index in [1.165, 1.54) is 28.7 Å². The van der Waals surface area contributed by atoms with Crippen LogP contribution in [0, 0.1) is 0 Å². The minimum absolute atomic E-state index is 0.168. The second kappa shape index (κ2) is 9.68. The first-order chi connectivity index (χ1) is 15.5. The highest BCUT2D eigenvalue weighted by molar-refractivity contribution is 7.08. The van der Waals surface area contributed by atoms with Crippen LogP contribution >= 0.6 is 11.3 Å². The van der Waals surface area contributed by atoms with E-state index >= 15 is 0 Å². The molecule has 1 heterocycles. The van der Waals surface area contributed by atoms with Gasteiger partial charge in [-0.2, -0.15) is 0 Å². The lowest BCUT2D eigenvalue weighted by atomic mass is 10.1. The van der Waals surface area contributed by atoms with Crippen LogP contribution in [0.3, 0.4) is 0 Å². The lowest BCUT2D eigenvalue weighted by molar-refractivity contribution is -0.127. The molecule has 0 aliphatic carbocycles. The Kier molecular flexibility index (Phi) is 7.14. The van der Waals surface area contributed by atoms with Crippen LogP contribution in [0.15, 0.2) is 53.4 Å². The predicted molar refractivity (Wildman–Crippen MR) is 130 cm³/mol. The van der Waals surface area contributed by atoms with Crippen molar-refractivity contribution in [3.8, 4) is 0 Å². The third-order valence-electron chi connectivity index (χ3n) is 4.84. The first-order valence-corrected chi connectivity index (χ1v) is 11.5. The Bertz CT molecular complexity index is 1150. The Morgan fingerprint density at radius 1 is 1.03 bits per heavy atom. The molecule has 0 saturated carbocycles. The number of ether oxygens (including phenoxy) is 1. The molecule has 2 N–H and O–H groups in total. The molecule has 0 bridgehead atoms. The smallest absolute Gasteiger partial charge is 0.415 e. The third-order valence-corrected chi connectivity index (χ3v) is 5.41. The summed E-state index contributed by atoms with van der Waals surface area (Å²) in [4.78, 5) is 46.3. The Hall–Kier alpha value is -3.30. The number of anilines is 2. The van der Waals surface area contributed by atoms with E-state index in [1.807, 2.05) is 30.3 Å². The number of amides is 3. The topological polar surface area (TPSA) is 106 Å². The molecule has 1 aromatic heterocycles. The number of benzene rings is 2. The number of nitrogens with two attached hydrogens (primary N) is 1. The number of thiazole rings is 1. The number of imide groups is 1. The molecule has 33 heavy (non-hydrogen) atoms. The van der Waals surface area contributed by atoms with E-state index in [1.54, 1.807) is 45.2 Å². The highest BCUT2D eigenvalue weighted by Gasteiger charge is 2.38. The van der Waals surface area contributed by atoms with Gasteiger partial charge in [0.2, 0.25) is 0 Å². The number of hydrogen-bond acceptors (Lipinski definition) is 7. The van der Waals surface area contributed by atoms with E-state index in [4.69, 9.17) is 10.5 Å². The van der Waals surface area contributed by atoms with Crippen molar-refractivity contribution in [1.82, 2.24) is 4.98 Å². The van der Waals surface area contributed by atoms with Gasteiger partial charge in [-0.25, -0.2) is 14.7 Å². The second-order valence-electron chi connectivity index (χ2n) is 8.67. The first kappa shape index (κ1) is 24.3. The normalized spacial score (nSPS) is 13.3. The fourth-order valence-electron chi connectivity index (χ4n) is 3.35. The zero-order valence-corrected chi connectivity index (χ0v) is 20.1. The maximum atomic E-state index is 13.7. The Morgan fingerprint density at radius 2 is 1.70 bits per heavy atom. The fourth-order valence-corrected chi connectivity index (χ4v) is 3.86. The Labute approximate surface area is 197 Å². The van der Waals surface area contributed by atoms with Crippen molar-refractivity contribution < 1.29 is 19.1 Å².